The number of hydrogen-bond donors (Lipinski definition) is 2. The largest absolute Gasteiger partial charge is 0.477 e. The minimum Gasteiger partial charge on any atom is -0.477 e. The van der Waals surface area contributed by atoms with Gasteiger partial charge in [-0.3, -0.25) is 5.10 Å². The number of anilines is 1. The van der Waals surface area contributed by atoms with E-state index in [9.17, 15) is 0 Å². The molecule has 0 atom stereocenters. The van der Waals surface area contributed by atoms with Crippen LogP contribution in [0.1, 0.15) is 40.5 Å². The first kappa shape index (κ1) is 14.6. The number of rotatable bonds is 6. The summed E-state index contributed by atoms with van der Waals surface area (Å²) < 4.78 is 5.82. The summed E-state index contributed by atoms with van der Waals surface area (Å²) in [5, 5.41) is 10.9. The third kappa shape index (κ3) is 3.82. The summed E-state index contributed by atoms with van der Waals surface area (Å²) in [4.78, 5) is 8.80. The van der Waals surface area contributed by atoms with Crippen molar-refractivity contribution in [3.8, 4) is 5.88 Å². The van der Waals surface area contributed by atoms with Crippen molar-refractivity contribution >= 4 is 17.0 Å². The summed E-state index contributed by atoms with van der Waals surface area (Å²) in [6.45, 7) is 10.1. The maximum atomic E-state index is 5.82. The van der Waals surface area contributed by atoms with Gasteiger partial charge in [0.05, 0.1) is 12.8 Å². The van der Waals surface area contributed by atoms with Gasteiger partial charge in [-0.05, 0) is 18.3 Å². The SMILES string of the molecule is CCCNc1nc(OCCC(C)(C)C)c2cn[nH]c2n1. The standard InChI is InChI=1S/C14H23N5O/c1-5-7-15-13-17-11-10(9-16-19-11)12(18-13)20-8-6-14(2,3)4/h9H,5-8H2,1-4H3,(H2,15,16,17,18,19). The number of fused-ring (bicyclic) bond motifs is 1. The Bertz CT molecular complexity index is 558. The van der Waals surface area contributed by atoms with E-state index in [1.54, 1.807) is 6.20 Å². The van der Waals surface area contributed by atoms with Gasteiger partial charge >= 0.3 is 0 Å². The number of nitrogens with one attached hydrogen (secondary N) is 2. The van der Waals surface area contributed by atoms with E-state index in [1.807, 2.05) is 0 Å². The number of aromatic nitrogens is 4. The quantitative estimate of drug-likeness (QED) is 0.849. The summed E-state index contributed by atoms with van der Waals surface area (Å²) in [5.74, 6) is 1.17. The highest BCUT2D eigenvalue weighted by molar-refractivity contribution is 5.80. The van der Waals surface area contributed by atoms with Crippen molar-refractivity contribution in [1.29, 1.82) is 0 Å². The molecule has 0 saturated heterocycles. The third-order valence-corrected chi connectivity index (χ3v) is 2.90. The van der Waals surface area contributed by atoms with Gasteiger partial charge < -0.3 is 10.1 Å². The van der Waals surface area contributed by atoms with Crippen molar-refractivity contribution in [3.63, 3.8) is 0 Å². The van der Waals surface area contributed by atoms with Crippen LogP contribution in [0.5, 0.6) is 5.88 Å². The first-order chi connectivity index (χ1) is 9.49. The molecule has 2 aromatic heterocycles. The number of H-pyrrole nitrogens is 1. The molecule has 110 valence electrons. The van der Waals surface area contributed by atoms with E-state index in [-0.39, 0.29) is 5.41 Å². The molecule has 0 aliphatic rings. The van der Waals surface area contributed by atoms with Crippen molar-refractivity contribution in [3.05, 3.63) is 6.20 Å². The summed E-state index contributed by atoms with van der Waals surface area (Å²) in [5.41, 5.74) is 0.940. The van der Waals surface area contributed by atoms with Gasteiger partial charge in [0.2, 0.25) is 11.8 Å². The predicted octanol–water partition coefficient (Wildman–Crippen LogP) is 2.99. The second-order valence-corrected chi connectivity index (χ2v) is 6.07. The lowest BCUT2D eigenvalue weighted by Gasteiger charge is -2.18. The average Bonchev–Trinajstić information content (AvgIpc) is 2.83. The highest BCUT2D eigenvalue weighted by Crippen LogP contribution is 2.24. The van der Waals surface area contributed by atoms with Gasteiger partial charge in [0.1, 0.15) is 5.39 Å². The van der Waals surface area contributed by atoms with E-state index in [4.69, 9.17) is 4.74 Å². The molecule has 0 saturated carbocycles. The number of nitrogens with zero attached hydrogens (tertiary/aromatic N) is 3. The Kier molecular flexibility index (Phi) is 4.42. The van der Waals surface area contributed by atoms with Crippen LogP contribution in [0.3, 0.4) is 0 Å². The highest BCUT2D eigenvalue weighted by atomic mass is 16.5. The molecular formula is C14H23N5O. The van der Waals surface area contributed by atoms with E-state index >= 15 is 0 Å². The second kappa shape index (κ2) is 6.07. The van der Waals surface area contributed by atoms with E-state index < -0.39 is 0 Å². The maximum Gasteiger partial charge on any atom is 0.229 e. The van der Waals surface area contributed by atoms with Gasteiger partial charge in [0.15, 0.2) is 5.65 Å². The molecule has 0 fully saturated rings. The fourth-order valence-corrected chi connectivity index (χ4v) is 1.69. The van der Waals surface area contributed by atoms with Crippen LogP contribution in [0.2, 0.25) is 0 Å². The summed E-state index contributed by atoms with van der Waals surface area (Å²) in [6.07, 6.45) is 3.68. The number of ether oxygens (including phenoxy) is 1. The monoisotopic (exact) mass is 277 g/mol. The summed E-state index contributed by atoms with van der Waals surface area (Å²) in [7, 11) is 0. The first-order valence-corrected chi connectivity index (χ1v) is 7.07. The van der Waals surface area contributed by atoms with Crippen molar-refractivity contribution in [2.75, 3.05) is 18.5 Å². The molecule has 0 amide bonds. The molecule has 0 spiro atoms. The third-order valence-electron chi connectivity index (χ3n) is 2.90. The first-order valence-electron chi connectivity index (χ1n) is 7.07. The zero-order chi connectivity index (χ0) is 14.6. The van der Waals surface area contributed by atoms with Crippen LogP contribution in [-0.4, -0.2) is 33.3 Å². The maximum absolute atomic E-state index is 5.82. The van der Waals surface area contributed by atoms with Gasteiger partial charge in [-0.1, -0.05) is 27.7 Å². The Morgan fingerprint density at radius 3 is 2.80 bits per heavy atom. The van der Waals surface area contributed by atoms with E-state index in [0.29, 0.717) is 24.1 Å². The van der Waals surface area contributed by atoms with Gasteiger partial charge in [-0.2, -0.15) is 15.1 Å². The molecule has 0 aliphatic carbocycles. The predicted molar refractivity (Wildman–Crippen MR) is 80.0 cm³/mol. The summed E-state index contributed by atoms with van der Waals surface area (Å²) in [6, 6.07) is 0. The Labute approximate surface area is 119 Å². The van der Waals surface area contributed by atoms with Gasteiger partial charge in [0, 0.05) is 6.54 Å². The Hall–Kier alpha value is -1.85. The number of hydrogen-bond acceptors (Lipinski definition) is 5. The van der Waals surface area contributed by atoms with E-state index in [2.05, 4.69) is 53.2 Å². The molecule has 0 aliphatic heterocycles. The highest BCUT2D eigenvalue weighted by Gasteiger charge is 2.13. The molecule has 2 heterocycles. The molecule has 6 nitrogen and oxygen atoms in total. The van der Waals surface area contributed by atoms with Gasteiger partial charge in [0.25, 0.3) is 0 Å². The Morgan fingerprint density at radius 1 is 1.30 bits per heavy atom. The lowest BCUT2D eigenvalue weighted by molar-refractivity contribution is 0.239. The summed E-state index contributed by atoms with van der Waals surface area (Å²) >= 11 is 0. The van der Waals surface area contributed by atoms with Crippen molar-refractivity contribution in [2.45, 2.75) is 40.5 Å². The molecule has 2 rings (SSSR count). The minimum atomic E-state index is 0.242. The molecule has 20 heavy (non-hydrogen) atoms. The lowest BCUT2D eigenvalue weighted by Crippen LogP contribution is -2.12. The van der Waals surface area contributed by atoms with Crippen LogP contribution in [-0.2, 0) is 0 Å². The molecule has 0 radical (unpaired) electrons. The molecule has 0 unspecified atom stereocenters. The number of aromatic amines is 1. The second-order valence-electron chi connectivity index (χ2n) is 6.07. The lowest BCUT2D eigenvalue weighted by atomic mass is 9.93. The van der Waals surface area contributed by atoms with Gasteiger partial charge in [-0.15, -0.1) is 0 Å². The zero-order valence-corrected chi connectivity index (χ0v) is 12.7. The van der Waals surface area contributed by atoms with Crippen molar-refractivity contribution < 1.29 is 4.74 Å². The fourth-order valence-electron chi connectivity index (χ4n) is 1.69. The van der Waals surface area contributed by atoms with Crippen LogP contribution >= 0.6 is 0 Å². The van der Waals surface area contributed by atoms with Crippen LogP contribution < -0.4 is 10.1 Å². The van der Waals surface area contributed by atoms with E-state index in [0.717, 1.165) is 24.8 Å². The smallest absolute Gasteiger partial charge is 0.229 e. The minimum absolute atomic E-state index is 0.242. The molecule has 2 aromatic rings. The Balaban J connectivity index is 2.15. The molecule has 0 bridgehead atoms. The van der Waals surface area contributed by atoms with Gasteiger partial charge in [-0.25, -0.2) is 0 Å². The van der Waals surface area contributed by atoms with Crippen LogP contribution in [0.15, 0.2) is 6.20 Å². The molecule has 6 heteroatoms. The normalized spacial score (nSPS) is 11.8. The van der Waals surface area contributed by atoms with Crippen LogP contribution in [0.4, 0.5) is 5.95 Å². The van der Waals surface area contributed by atoms with Crippen LogP contribution in [0, 0.1) is 5.41 Å². The van der Waals surface area contributed by atoms with Crippen LogP contribution in [0.25, 0.3) is 11.0 Å². The topological polar surface area (TPSA) is 75.7 Å². The zero-order valence-electron chi connectivity index (χ0n) is 12.7. The average molecular weight is 277 g/mol. The fraction of sp³-hybridized carbons (Fsp3) is 0.643. The van der Waals surface area contributed by atoms with E-state index in [1.165, 1.54) is 0 Å². The van der Waals surface area contributed by atoms with Crippen molar-refractivity contribution in [1.82, 2.24) is 20.2 Å². The van der Waals surface area contributed by atoms with Crippen molar-refractivity contribution in [2.24, 2.45) is 5.41 Å². The molecule has 2 N–H and O–H groups in total. The molecule has 0 aromatic carbocycles. The Morgan fingerprint density at radius 2 is 2.10 bits per heavy atom. The molecular weight excluding hydrogens is 254 g/mol.